The molecule has 2 heterocycles. The first-order valence-electron chi connectivity index (χ1n) is 5.79. The van der Waals surface area contributed by atoms with Gasteiger partial charge >= 0.3 is 0 Å². The molecule has 2 heteroatoms. The Bertz CT molecular complexity index is 152. The van der Waals surface area contributed by atoms with Crippen LogP contribution in [0.2, 0.25) is 0 Å². The van der Waals surface area contributed by atoms with Crippen molar-refractivity contribution in [1.29, 1.82) is 0 Å². The van der Waals surface area contributed by atoms with Gasteiger partial charge in [0, 0.05) is 12.6 Å². The lowest BCUT2D eigenvalue weighted by Crippen LogP contribution is -2.40. The van der Waals surface area contributed by atoms with E-state index in [0.717, 1.165) is 6.04 Å². The van der Waals surface area contributed by atoms with Gasteiger partial charge in [0.1, 0.15) is 0 Å². The third-order valence-electron chi connectivity index (χ3n) is 3.59. The topological polar surface area (TPSA) is 6.48 Å². The summed E-state index contributed by atoms with van der Waals surface area (Å²) >= 11 is 0. The molecule has 76 valence electrons. The number of nitrogens with zero attached hydrogens (tertiary/aromatic N) is 2. The van der Waals surface area contributed by atoms with E-state index >= 15 is 0 Å². The minimum absolute atomic E-state index is 0.859. The first kappa shape index (κ1) is 9.47. The minimum atomic E-state index is 0.859. The number of piperidine rings is 1. The monoisotopic (exact) mass is 182 g/mol. The highest BCUT2D eigenvalue weighted by Gasteiger charge is 2.23. The van der Waals surface area contributed by atoms with Gasteiger partial charge in [-0.25, -0.2) is 0 Å². The van der Waals surface area contributed by atoms with Crippen LogP contribution in [0.3, 0.4) is 0 Å². The van der Waals surface area contributed by atoms with Crippen LogP contribution >= 0.6 is 0 Å². The number of likely N-dealkylation sites (tertiary alicyclic amines) is 2. The van der Waals surface area contributed by atoms with Crippen LogP contribution in [-0.4, -0.2) is 49.1 Å². The summed E-state index contributed by atoms with van der Waals surface area (Å²) in [7, 11) is 2.28. The van der Waals surface area contributed by atoms with E-state index in [9.17, 15) is 0 Å². The molecule has 0 bridgehead atoms. The van der Waals surface area contributed by atoms with Gasteiger partial charge in [-0.3, -0.25) is 0 Å². The van der Waals surface area contributed by atoms with E-state index in [1.54, 1.807) is 0 Å². The van der Waals surface area contributed by atoms with Gasteiger partial charge in [0.05, 0.1) is 0 Å². The Balaban J connectivity index is 1.75. The zero-order chi connectivity index (χ0) is 9.10. The molecule has 13 heavy (non-hydrogen) atoms. The van der Waals surface area contributed by atoms with Crippen LogP contribution in [0.1, 0.15) is 32.1 Å². The third-order valence-corrected chi connectivity index (χ3v) is 3.59. The number of hydrogen-bond acceptors (Lipinski definition) is 2. The van der Waals surface area contributed by atoms with Crippen molar-refractivity contribution < 1.29 is 0 Å². The van der Waals surface area contributed by atoms with Crippen LogP contribution in [0.4, 0.5) is 0 Å². The number of likely N-dealkylation sites (N-methyl/N-ethyl adjacent to an activating group) is 1. The molecule has 0 aromatic rings. The minimum Gasteiger partial charge on any atom is -0.302 e. The van der Waals surface area contributed by atoms with E-state index in [4.69, 9.17) is 0 Å². The van der Waals surface area contributed by atoms with Crippen molar-refractivity contribution >= 4 is 0 Å². The van der Waals surface area contributed by atoms with Crippen molar-refractivity contribution in [3.8, 4) is 0 Å². The van der Waals surface area contributed by atoms with Gasteiger partial charge in [-0.05, 0) is 52.4 Å². The Hall–Kier alpha value is -0.0800. The average molecular weight is 182 g/mol. The molecule has 2 nitrogen and oxygen atoms in total. The van der Waals surface area contributed by atoms with E-state index in [2.05, 4.69) is 16.8 Å². The fourth-order valence-corrected chi connectivity index (χ4v) is 2.65. The molecule has 0 aromatic carbocycles. The molecule has 2 fully saturated rings. The van der Waals surface area contributed by atoms with Gasteiger partial charge in [0.2, 0.25) is 0 Å². The quantitative estimate of drug-likeness (QED) is 0.639. The molecular weight excluding hydrogens is 160 g/mol. The van der Waals surface area contributed by atoms with Crippen LogP contribution in [-0.2, 0) is 0 Å². The summed E-state index contributed by atoms with van der Waals surface area (Å²) in [5, 5.41) is 0. The van der Waals surface area contributed by atoms with Gasteiger partial charge in [0.15, 0.2) is 0 Å². The molecule has 0 amide bonds. The lowest BCUT2D eigenvalue weighted by Gasteiger charge is -2.31. The molecule has 0 radical (unpaired) electrons. The van der Waals surface area contributed by atoms with E-state index < -0.39 is 0 Å². The van der Waals surface area contributed by atoms with Crippen molar-refractivity contribution in [3.05, 3.63) is 0 Å². The van der Waals surface area contributed by atoms with Crippen molar-refractivity contribution in [3.63, 3.8) is 0 Å². The van der Waals surface area contributed by atoms with Crippen LogP contribution in [0.15, 0.2) is 0 Å². The Morgan fingerprint density at radius 2 is 1.77 bits per heavy atom. The zero-order valence-corrected chi connectivity index (χ0v) is 8.84. The lowest BCUT2D eigenvalue weighted by molar-refractivity contribution is 0.169. The van der Waals surface area contributed by atoms with Crippen molar-refractivity contribution in [2.45, 2.75) is 38.1 Å². The Kier molecular flexibility index (Phi) is 3.23. The van der Waals surface area contributed by atoms with Gasteiger partial charge < -0.3 is 9.80 Å². The van der Waals surface area contributed by atoms with Gasteiger partial charge in [-0.15, -0.1) is 0 Å². The van der Waals surface area contributed by atoms with Gasteiger partial charge in [-0.1, -0.05) is 6.42 Å². The van der Waals surface area contributed by atoms with E-state index in [1.165, 1.54) is 58.3 Å². The van der Waals surface area contributed by atoms with E-state index in [-0.39, 0.29) is 0 Å². The highest BCUT2D eigenvalue weighted by Crippen LogP contribution is 2.18. The Morgan fingerprint density at radius 1 is 1.00 bits per heavy atom. The van der Waals surface area contributed by atoms with E-state index in [1.807, 2.05) is 0 Å². The van der Waals surface area contributed by atoms with E-state index in [0.29, 0.717) is 0 Å². The maximum atomic E-state index is 2.66. The molecule has 1 atom stereocenters. The van der Waals surface area contributed by atoms with Crippen LogP contribution in [0, 0.1) is 0 Å². The predicted octanol–water partition coefficient (Wildman–Crippen LogP) is 1.57. The summed E-state index contributed by atoms with van der Waals surface area (Å²) in [5.74, 6) is 0. The maximum Gasteiger partial charge on any atom is 0.0220 e. The van der Waals surface area contributed by atoms with Crippen molar-refractivity contribution in [2.24, 2.45) is 0 Å². The summed E-state index contributed by atoms with van der Waals surface area (Å²) < 4.78 is 0. The Morgan fingerprint density at radius 3 is 2.38 bits per heavy atom. The maximum absolute atomic E-state index is 2.66. The highest BCUT2D eigenvalue weighted by atomic mass is 15.2. The zero-order valence-electron chi connectivity index (χ0n) is 8.84. The molecule has 2 saturated heterocycles. The second-order valence-electron chi connectivity index (χ2n) is 4.64. The van der Waals surface area contributed by atoms with Gasteiger partial charge in [-0.2, -0.15) is 0 Å². The fourth-order valence-electron chi connectivity index (χ4n) is 2.65. The smallest absolute Gasteiger partial charge is 0.0220 e. The first-order chi connectivity index (χ1) is 6.36. The molecule has 0 spiro atoms. The van der Waals surface area contributed by atoms with Crippen LogP contribution in [0.5, 0.6) is 0 Å². The Labute approximate surface area is 81.9 Å². The van der Waals surface area contributed by atoms with Crippen LogP contribution in [0.25, 0.3) is 0 Å². The molecule has 2 aliphatic heterocycles. The number of hydrogen-bond donors (Lipinski definition) is 0. The van der Waals surface area contributed by atoms with Crippen LogP contribution < -0.4 is 0 Å². The molecule has 2 aliphatic rings. The third kappa shape index (κ3) is 2.44. The lowest BCUT2D eigenvalue weighted by atomic mass is 10.1. The number of rotatable bonds is 2. The molecule has 0 saturated carbocycles. The largest absolute Gasteiger partial charge is 0.302 e. The molecular formula is C11H22N2. The average Bonchev–Trinajstić information content (AvgIpc) is 2.54. The highest BCUT2D eigenvalue weighted by molar-refractivity contribution is 4.80. The standard InChI is InChI=1S/C11H22N2/c1-12-7-5-6-11(12)10-13-8-3-2-4-9-13/h11H,2-10H2,1H3. The molecule has 1 unspecified atom stereocenters. The summed E-state index contributed by atoms with van der Waals surface area (Å²) in [6.07, 6.45) is 7.14. The first-order valence-corrected chi connectivity index (χ1v) is 5.79. The molecule has 0 aliphatic carbocycles. The fraction of sp³-hybridized carbons (Fsp3) is 1.00. The summed E-state index contributed by atoms with van der Waals surface area (Å²) in [5.41, 5.74) is 0. The van der Waals surface area contributed by atoms with Crippen molar-refractivity contribution in [1.82, 2.24) is 9.80 Å². The molecule has 2 rings (SSSR count). The second-order valence-corrected chi connectivity index (χ2v) is 4.64. The normalized spacial score (nSPS) is 32.5. The summed E-state index contributed by atoms with van der Waals surface area (Å²) in [6, 6.07) is 0.859. The SMILES string of the molecule is CN1CCCC1CN1CCCCC1. The second kappa shape index (κ2) is 4.43. The molecule has 0 N–H and O–H groups in total. The summed E-state index contributed by atoms with van der Waals surface area (Å²) in [4.78, 5) is 5.20. The summed E-state index contributed by atoms with van der Waals surface area (Å²) in [6.45, 7) is 5.35. The predicted molar refractivity (Wildman–Crippen MR) is 55.9 cm³/mol. The van der Waals surface area contributed by atoms with Crippen molar-refractivity contribution in [2.75, 3.05) is 33.2 Å². The molecule has 0 aromatic heterocycles. The van der Waals surface area contributed by atoms with Gasteiger partial charge in [0.25, 0.3) is 0 Å².